The summed E-state index contributed by atoms with van der Waals surface area (Å²) < 4.78 is 13.5. The Morgan fingerprint density at radius 3 is 2.32 bits per heavy atom. The van der Waals surface area contributed by atoms with Crippen LogP contribution in [0.15, 0.2) is 54.7 Å². The molecule has 0 bridgehead atoms. The SMILES string of the molecule is Cn1ncc(CCC(=O)Nc2ccc(C(C)(C)P(=O)(O)O)cc2)c1-c1ccc(Cl)cc1. The minimum Gasteiger partial charge on any atom is -0.326 e. The van der Waals surface area contributed by atoms with Crippen LogP contribution in [0.25, 0.3) is 11.3 Å². The summed E-state index contributed by atoms with van der Waals surface area (Å²) >= 11 is 5.98. The van der Waals surface area contributed by atoms with Crippen LogP contribution in [0.5, 0.6) is 0 Å². The first-order valence-electron chi connectivity index (χ1n) is 9.72. The fourth-order valence-electron chi connectivity index (χ4n) is 3.25. The summed E-state index contributed by atoms with van der Waals surface area (Å²) in [6.45, 7) is 2.99. The minimum atomic E-state index is -4.31. The molecule has 1 amide bonds. The zero-order valence-electron chi connectivity index (χ0n) is 17.5. The van der Waals surface area contributed by atoms with Crippen molar-refractivity contribution in [3.63, 3.8) is 0 Å². The van der Waals surface area contributed by atoms with Crippen molar-refractivity contribution < 1.29 is 19.1 Å². The first-order valence-corrected chi connectivity index (χ1v) is 11.7. The molecule has 9 heteroatoms. The number of aryl methyl sites for hydroxylation is 2. The van der Waals surface area contributed by atoms with E-state index >= 15 is 0 Å². The number of hydrogen-bond acceptors (Lipinski definition) is 3. The predicted octanol–water partition coefficient (Wildman–Crippen LogP) is 4.72. The molecule has 164 valence electrons. The Morgan fingerprint density at radius 2 is 1.74 bits per heavy atom. The second-order valence-electron chi connectivity index (χ2n) is 7.88. The van der Waals surface area contributed by atoms with E-state index in [9.17, 15) is 19.1 Å². The second kappa shape index (κ2) is 8.97. The third-order valence-corrected chi connectivity index (χ3v) is 7.32. The van der Waals surface area contributed by atoms with Crippen molar-refractivity contribution >= 4 is 30.8 Å². The van der Waals surface area contributed by atoms with Gasteiger partial charge in [0.15, 0.2) is 0 Å². The van der Waals surface area contributed by atoms with Crippen LogP contribution in [0.1, 0.15) is 31.4 Å². The first kappa shape index (κ1) is 23.2. The molecule has 3 rings (SSSR count). The molecule has 3 N–H and O–H groups in total. The van der Waals surface area contributed by atoms with E-state index in [4.69, 9.17) is 11.6 Å². The largest absolute Gasteiger partial charge is 0.335 e. The van der Waals surface area contributed by atoms with Crippen molar-refractivity contribution in [2.45, 2.75) is 31.8 Å². The summed E-state index contributed by atoms with van der Waals surface area (Å²) in [7, 11) is -2.46. The highest BCUT2D eigenvalue weighted by molar-refractivity contribution is 7.53. The molecule has 0 saturated heterocycles. The van der Waals surface area contributed by atoms with Crippen LogP contribution in [0.2, 0.25) is 5.02 Å². The van der Waals surface area contributed by atoms with Gasteiger partial charge in [0.05, 0.1) is 17.0 Å². The molecule has 0 spiro atoms. The van der Waals surface area contributed by atoms with Crippen LogP contribution in [0, 0.1) is 0 Å². The molecular weight excluding hydrogens is 437 g/mol. The summed E-state index contributed by atoms with van der Waals surface area (Å²) in [5.41, 5.74) is 3.94. The number of hydrogen-bond donors (Lipinski definition) is 3. The molecule has 2 aromatic carbocycles. The number of nitrogens with one attached hydrogen (secondary N) is 1. The number of carbonyl (C=O) groups excluding carboxylic acids is 1. The van der Waals surface area contributed by atoms with E-state index < -0.39 is 12.8 Å². The lowest BCUT2D eigenvalue weighted by Crippen LogP contribution is -2.17. The molecule has 0 aliphatic carbocycles. The fourth-order valence-corrected chi connectivity index (χ4v) is 3.86. The summed E-state index contributed by atoms with van der Waals surface area (Å²) in [5, 5.41) is 6.50. The van der Waals surface area contributed by atoms with Gasteiger partial charge in [0.1, 0.15) is 0 Å². The summed E-state index contributed by atoms with van der Waals surface area (Å²) in [6.07, 6.45) is 2.54. The van der Waals surface area contributed by atoms with Crippen molar-refractivity contribution in [2.75, 3.05) is 5.32 Å². The van der Waals surface area contributed by atoms with Gasteiger partial charge < -0.3 is 15.1 Å². The monoisotopic (exact) mass is 461 g/mol. The molecular formula is C22H25ClN3O4P. The highest BCUT2D eigenvalue weighted by Crippen LogP contribution is 2.56. The number of benzene rings is 2. The normalized spacial score (nSPS) is 12.1. The standard InChI is InChI=1S/C22H25ClN3O4P/c1-22(2,31(28,29)30)17-7-11-19(12-8-17)25-20(27)13-6-16-14-24-26(3)21(16)15-4-9-18(23)10-5-15/h4-5,7-12,14H,6,13H2,1-3H3,(H,25,27)(H2,28,29,30). The number of anilines is 1. The van der Waals surface area contributed by atoms with Gasteiger partial charge in [-0.05, 0) is 55.7 Å². The lowest BCUT2D eigenvalue weighted by molar-refractivity contribution is -0.116. The molecule has 3 aromatic rings. The van der Waals surface area contributed by atoms with Gasteiger partial charge in [-0.2, -0.15) is 5.10 Å². The van der Waals surface area contributed by atoms with Crippen LogP contribution in [0.4, 0.5) is 5.69 Å². The van der Waals surface area contributed by atoms with Crippen molar-refractivity contribution in [3.05, 3.63) is 70.9 Å². The zero-order chi connectivity index (χ0) is 22.8. The van der Waals surface area contributed by atoms with Crippen molar-refractivity contribution in [3.8, 4) is 11.3 Å². The van der Waals surface area contributed by atoms with Gasteiger partial charge in [-0.3, -0.25) is 14.0 Å². The predicted molar refractivity (Wildman–Crippen MR) is 122 cm³/mol. The minimum absolute atomic E-state index is 0.159. The third-order valence-electron chi connectivity index (χ3n) is 5.36. The second-order valence-corrected chi connectivity index (χ2v) is 10.5. The van der Waals surface area contributed by atoms with Crippen LogP contribution in [-0.4, -0.2) is 25.5 Å². The lowest BCUT2D eigenvalue weighted by Gasteiger charge is -2.26. The quantitative estimate of drug-likeness (QED) is 0.441. The Labute approximate surface area is 186 Å². The molecule has 1 heterocycles. The van der Waals surface area contributed by atoms with E-state index in [0.29, 0.717) is 22.7 Å². The van der Waals surface area contributed by atoms with E-state index in [1.54, 1.807) is 35.1 Å². The van der Waals surface area contributed by atoms with Crippen LogP contribution in [-0.2, 0) is 28.0 Å². The Bertz CT molecular complexity index is 1120. The molecule has 7 nitrogen and oxygen atoms in total. The maximum atomic E-state index is 12.4. The highest BCUT2D eigenvalue weighted by Gasteiger charge is 2.39. The molecule has 0 aliphatic heterocycles. The van der Waals surface area contributed by atoms with Crippen molar-refractivity contribution in [1.82, 2.24) is 9.78 Å². The number of aromatic nitrogens is 2. The zero-order valence-corrected chi connectivity index (χ0v) is 19.2. The molecule has 0 unspecified atom stereocenters. The van der Waals surface area contributed by atoms with Crippen molar-refractivity contribution in [2.24, 2.45) is 7.05 Å². The average molecular weight is 462 g/mol. The highest BCUT2D eigenvalue weighted by atomic mass is 35.5. The molecule has 0 saturated carbocycles. The summed E-state index contributed by atoms with van der Waals surface area (Å²) in [5.74, 6) is -0.159. The van der Waals surface area contributed by atoms with Crippen LogP contribution >= 0.6 is 19.2 Å². The maximum Gasteiger partial charge on any atom is 0.335 e. The number of halogens is 1. The van der Waals surface area contributed by atoms with E-state index in [1.165, 1.54) is 13.8 Å². The molecule has 1 aromatic heterocycles. The number of amides is 1. The fraction of sp³-hybridized carbons (Fsp3) is 0.273. The third kappa shape index (κ3) is 5.25. The van der Waals surface area contributed by atoms with E-state index in [-0.39, 0.29) is 12.3 Å². The smallest absolute Gasteiger partial charge is 0.326 e. The van der Waals surface area contributed by atoms with Crippen LogP contribution < -0.4 is 5.32 Å². The molecule has 0 radical (unpaired) electrons. The van der Waals surface area contributed by atoms with Gasteiger partial charge in [-0.15, -0.1) is 0 Å². The van der Waals surface area contributed by atoms with Gasteiger partial charge in [-0.1, -0.05) is 35.9 Å². The lowest BCUT2D eigenvalue weighted by atomic mass is 10.0. The van der Waals surface area contributed by atoms with Gasteiger partial charge >= 0.3 is 7.60 Å². The van der Waals surface area contributed by atoms with Gasteiger partial charge in [0, 0.05) is 29.7 Å². The molecule has 31 heavy (non-hydrogen) atoms. The number of rotatable bonds is 7. The summed E-state index contributed by atoms with van der Waals surface area (Å²) in [6, 6.07) is 14.0. The van der Waals surface area contributed by atoms with E-state index in [2.05, 4.69) is 10.4 Å². The summed E-state index contributed by atoms with van der Waals surface area (Å²) in [4.78, 5) is 31.5. The van der Waals surface area contributed by atoms with E-state index in [1.807, 2.05) is 31.3 Å². The van der Waals surface area contributed by atoms with E-state index in [0.717, 1.165) is 16.8 Å². The van der Waals surface area contributed by atoms with Gasteiger partial charge in [-0.25, -0.2) is 0 Å². The maximum absolute atomic E-state index is 12.4. The number of carbonyl (C=O) groups is 1. The average Bonchev–Trinajstić information content (AvgIpc) is 3.07. The Hall–Kier alpha value is -2.44. The molecule has 0 atom stereocenters. The van der Waals surface area contributed by atoms with Gasteiger partial charge in [0.2, 0.25) is 5.91 Å². The first-order chi connectivity index (χ1) is 14.5. The Balaban J connectivity index is 1.65. The number of nitrogens with zero attached hydrogens (tertiary/aromatic N) is 2. The Morgan fingerprint density at radius 1 is 1.13 bits per heavy atom. The topological polar surface area (TPSA) is 104 Å². The Kier molecular flexibility index (Phi) is 6.72. The molecule has 0 aliphatic rings. The molecule has 0 fully saturated rings. The van der Waals surface area contributed by atoms with Crippen LogP contribution in [0.3, 0.4) is 0 Å². The van der Waals surface area contributed by atoms with Crippen molar-refractivity contribution in [1.29, 1.82) is 0 Å². The van der Waals surface area contributed by atoms with Gasteiger partial charge in [0.25, 0.3) is 0 Å².